The average molecular weight is 499 g/mol. The molecule has 0 aromatic heterocycles. The molecule has 0 unspecified atom stereocenters. The van der Waals surface area contributed by atoms with Crippen molar-refractivity contribution in [2.75, 3.05) is 31.1 Å². The third-order valence-corrected chi connectivity index (χ3v) is 6.08. The van der Waals surface area contributed by atoms with Crippen LogP contribution in [-0.4, -0.2) is 70.7 Å². The number of para-hydroxylation sites is 1. The molecule has 9 nitrogen and oxygen atoms in total. The Labute approximate surface area is 211 Å². The Hall–Kier alpha value is -3.72. The highest BCUT2D eigenvalue weighted by Crippen LogP contribution is 2.35. The van der Waals surface area contributed by atoms with Gasteiger partial charge in [0.1, 0.15) is 5.54 Å². The Morgan fingerprint density at radius 1 is 0.889 bits per heavy atom. The molecule has 9 heteroatoms. The molecule has 1 aliphatic rings. The van der Waals surface area contributed by atoms with E-state index in [0.717, 1.165) is 31.7 Å². The standard InChI is InChI=1S/C25H32N2O3.C2H2O4/c1-3-23(28)27(22-13-9-6-10-14-22)25(24(29)30-4-2)16-19-26(20-17-25)18-15-21-11-7-5-8-12-21;3-1(4)2(5)6/h5-14H,3-4,15-20H2,1-2H3;(H,3,4)(H,5,6). The first-order valence-electron chi connectivity index (χ1n) is 12.0. The fourth-order valence-electron chi connectivity index (χ4n) is 4.23. The van der Waals surface area contributed by atoms with Crippen LogP contribution >= 0.6 is 0 Å². The van der Waals surface area contributed by atoms with Gasteiger partial charge in [0.25, 0.3) is 0 Å². The van der Waals surface area contributed by atoms with Crippen LogP contribution < -0.4 is 4.90 Å². The van der Waals surface area contributed by atoms with Crippen molar-refractivity contribution in [3.63, 3.8) is 0 Å². The van der Waals surface area contributed by atoms with Crippen LogP contribution in [0.2, 0.25) is 0 Å². The van der Waals surface area contributed by atoms with Crippen molar-refractivity contribution in [2.45, 2.75) is 45.1 Å². The lowest BCUT2D eigenvalue weighted by Crippen LogP contribution is -2.63. The van der Waals surface area contributed by atoms with Crippen LogP contribution in [0.25, 0.3) is 0 Å². The maximum absolute atomic E-state index is 13.2. The monoisotopic (exact) mass is 498 g/mol. The zero-order valence-corrected chi connectivity index (χ0v) is 20.8. The lowest BCUT2D eigenvalue weighted by molar-refractivity contribution is -0.159. The van der Waals surface area contributed by atoms with E-state index >= 15 is 0 Å². The molecule has 1 heterocycles. The van der Waals surface area contributed by atoms with Gasteiger partial charge in [-0.2, -0.15) is 0 Å². The van der Waals surface area contributed by atoms with E-state index in [4.69, 9.17) is 24.5 Å². The van der Waals surface area contributed by atoms with Gasteiger partial charge in [0.05, 0.1) is 6.61 Å². The fraction of sp³-hybridized carbons (Fsp3) is 0.407. The first-order valence-corrected chi connectivity index (χ1v) is 12.0. The zero-order valence-electron chi connectivity index (χ0n) is 20.8. The van der Waals surface area contributed by atoms with E-state index in [1.54, 1.807) is 4.90 Å². The van der Waals surface area contributed by atoms with Crippen LogP contribution in [0, 0.1) is 0 Å². The van der Waals surface area contributed by atoms with Gasteiger partial charge in [0.2, 0.25) is 5.91 Å². The fourth-order valence-corrected chi connectivity index (χ4v) is 4.23. The Balaban J connectivity index is 0.000000678. The van der Waals surface area contributed by atoms with Gasteiger partial charge in [0.15, 0.2) is 0 Å². The first-order chi connectivity index (χ1) is 17.2. The number of hydrogen-bond acceptors (Lipinski definition) is 6. The average Bonchev–Trinajstić information content (AvgIpc) is 2.90. The van der Waals surface area contributed by atoms with Crippen molar-refractivity contribution >= 4 is 29.5 Å². The van der Waals surface area contributed by atoms with Gasteiger partial charge in [0, 0.05) is 31.7 Å². The maximum atomic E-state index is 13.2. The second-order valence-electron chi connectivity index (χ2n) is 8.36. The van der Waals surface area contributed by atoms with Crippen LogP contribution in [0.4, 0.5) is 5.69 Å². The van der Waals surface area contributed by atoms with E-state index in [9.17, 15) is 9.59 Å². The normalized spacial score (nSPS) is 14.6. The molecule has 2 aromatic carbocycles. The molecule has 3 rings (SSSR count). The minimum atomic E-state index is -1.82. The van der Waals surface area contributed by atoms with Gasteiger partial charge < -0.3 is 19.8 Å². The molecule has 194 valence electrons. The molecular weight excluding hydrogens is 464 g/mol. The Morgan fingerprint density at radius 3 is 1.89 bits per heavy atom. The summed E-state index contributed by atoms with van der Waals surface area (Å²) in [7, 11) is 0. The molecule has 0 spiro atoms. The van der Waals surface area contributed by atoms with Crippen molar-refractivity contribution in [3.8, 4) is 0 Å². The van der Waals surface area contributed by atoms with Crippen molar-refractivity contribution in [1.82, 2.24) is 4.90 Å². The van der Waals surface area contributed by atoms with Crippen LogP contribution in [0.3, 0.4) is 0 Å². The number of carbonyl (C=O) groups is 4. The van der Waals surface area contributed by atoms with Crippen LogP contribution in [-0.2, 0) is 30.3 Å². The Bertz CT molecular complexity index is 991. The highest BCUT2D eigenvalue weighted by atomic mass is 16.5. The van der Waals surface area contributed by atoms with Gasteiger partial charge in [-0.15, -0.1) is 0 Å². The van der Waals surface area contributed by atoms with Gasteiger partial charge >= 0.3 is 17.9 Å². The van der Waals surface area contributed by atoms with E-state index in [-0.39, 0.29) is 11.9 Å². The molecule has 0 saturated carbocycles. The number of anilines is 1. The van der Waals surface area contributed by atoms with E-state index in [1.165, 1.54) is 5.56 Å². The van der Waals surface area contributed by atoms with Crippen molar-refractivity contribution < 1.29 is 34.1 Å². The van der Waals surface area contributed by atoms with E-state index in [2.05, 4.69) is 29.2 Å². The summed E-state index contributed by atoms with van der Waals surface area (Å²) in [6.45, 7) is 6.41. The molecule has 36 heavy (non-hydrogen) atoms. The number of likely N-dealkylation sites (tertiary alicyclic amines) is 1. The number of esters is 1. The largest absolute Gasteiger partial charge is 0.473 e. The van der Waals surface area contributed by atoms with Gasteiger partial charge in [-0.25, -0.2) is 14.4 Å². The summed E-state index contributed by atoms with van der Waals surface area (Å²) in [5.41, 5.74) is 1.12. The second-order valence-corrected chi connectivity index (χ2v) is 8.36. The number of amides is 1. The van der Waals surface area contributed by atoms with Gasteiger partial charge in [-0.05, 0) is 43.9 Å². The van der Waals surface area contributed by atoms with Crippen molar-refractivity contribution in [3.05, 3.63) is 66.2 Å². The molecule has 0 bridgehead atoms. The number of ether oxygens (including phenoxy) is 1. The maximum Gasteiger partial charge on any atom is 0.414 e. The first kappa shape index (κ1) is 28.5. The third-order valence-electron chi connectivity index (χ3n) is 6.08. The van der Waals surface area contributed by atoms with Crippen molar-refractivity contribution in [1.29, 1.82) is 0 Å². The number of rotatable bonds is 8. The Kier molecular flexibility index (Phi) is 11.1. The molecular formula is C27H34N2O7. The molecule has 1 saturated heterocycles. The number of carboxylic acid groups (broad SMARTS) is 2. The summed E-state index contributed by atoms with van der Waals surface area (Å²) < 4.78 is 5.50. The number of piperidine rings is 1. The molecule has 0 aliphatic carbocycles. The van der Waals surface area contributed by atoms with E-state index in [1.807, 2.05) is 50.2 Å². The lowest BCUT2D eigenvalue weighted by atomic mass is 9.84. The highest BCUT2D eigenvalue weighted by molar-refractivity contribution is 6.27. The second kappa shape index (κ2) is 14.0. The summed E-state index contributed by atoms with van der Waals surface area (Å²) in [5.74, 6) is -3.99. The lowest BCUT2D eigenvalue weighted by Gasteiger charge is -2.46. The molecule has 1 aliphatic heterocycles. The minimum Gasteiger partial charge on any atom is -0.473 e. The smallest absolute Gasteiger partial charge is 0.414 e. The predicted molar refractivity (Wildman–Crippen MR) is 135 cm³/mol. The number of nitrogens with zero attached hydrogens (tertiary/aromatic N) is 2. The molecule has 0 atom stereocenters. The number of aliphatic carboxylic acids is 2. The summed E-state index contributed by atoms with van der Waals surface area (Å²) in [5, 5.41) is 14.8. The number of hydrogen-bond donors (Lipinski definition) is 2. The Morgan fingerprint density at radius 2 is 1.42 bits per heavy atom. The molecule has 1 amide bonds. The van der Waals surface area contributed by atoms with E-state index in [0.29, 0.717) is 25.9 Å². The number of carbonyl (C=O) groups excluding carboxylic acids is 2. The van der Waals surface area contributed by atoms with Crippen LogP contribution in [0.1, 0.15) is 38.7 Å². The summed E-state index contributed by atoms with van der Waals surface area (Å²) in [4.78, 5) is 48.5. The summed E-state index contributed by atoms with van der Waals surface area (Å²) in [6.07, 6.45) is 2.46. The quantitative estimate of drug-likeness (QED) is 0.420. The van der Waals surface area contributed by atoms with Crippen LogP contribution in [0.15, 0.2) is 60.7 Å². The van der Waals surface area contributed by atoms with Crippen molar-refractivity contribution in [2.24, 2.45) is 0 Å². The number of carboxylic acids is 2. The predicted octanol–water partition coefficient (Wildman–Crippen LogP) is 3.23. The SMILES string of the molecule is CCOC(=O)C1(N(C(=O)CC)c2ccccc2)CCN(CCc2ccccc2)CC1.O=C(O)C(=O)O. The molecule has 0 radical (unpaired) electrons. The topological polar surface area (TPSA) is 124 Å². The zero-order chi connectivity index (χ0) is 26.6. The molecule has 2 N–H and O–H groups in total. The van der Waals surface area contributed by atoms with Crippen LogP contribution in [0.5, 0.6) is 0 Å². The summed E-state index contributed by atoms with van der Waals surface area (Å²) >= 11 is 0. The minimum absolute atomic E-state index is 0.0491. The molecule has 2 aromatic rings. The number of benzene rings is 2. The summed E-state index contributed by atoms with van der Waals surface area (Å²) in [6, 6.07) is 20.0. The third kappa shape index (κ3) is 7.64. The van der Waals surface area contributed by atoms with E-state index < -0.39 is 17.5 Å². The highest BCUT2D eigenvalue weighted by Gasteiger charge is 2.49. The van der Waals surface area contributed by atoms with Gasteiger partial charge in [-0.1, -0.05) is 55.5 Å². The molecule has 1 fully saturated rings. The van der Waals surface area contributed by atoms with Gasteiger partial charge in [-0.3, -0.25) is 9.69 Å².